The van der Waals surface area contributed by atoms with Crippen LogP contribution in [0.1, 0.15) is 26.2 Å². The van der Waals surface area contributed by atoms with E-state index in [0.717, 1.165) is 23.6 Å². The molecule has 0 heterocycles. The highest BCUT2D eigenvalue weighted by Gasteiger charge is 2.28. The number of methoxy groups -OCH3 is 2. The largest absolute Gasteiger partial charge is 0.493 e. The Kier molecular flexibility index (Phi) is 8.33. The van der Waals surface area contributed by atoms with Gasteiger partial charge in [-0.1, -0.05) is 38.0 Å². The number of hydrogen-bond acceptors (Lipinski definition) is 5. The normalized spacial score (nSPS) is 11.0. The number of anilines is 1. The van der Waals surface area contributed by atoms with Gasteiger partial charge in [0.15, 0.2) is 11.5 Å². The molecule has 1 amide bonds. The number of carbonyl (C=O) groups excluding carboxylic acids is 1. The van der Waals surface area contributed by atoms with Crippen molar-refractivity contribution in [3.63, 3.8) is 0 Å². The molecule has 2 aromatic carbocycles. The van der Waals surface area contributed by atoms with Crippen molar-refractivity contribution < 1.29 is 22.7 Å². The Balaban J connectivity index is 2.34. The van der Waals surface area contributed by atoms with E-state index in [1.165, 1.54) is 32.4 Å². The summed E-state index contributed by atoms with van der Waals surface area (Å²) in [6, 6.07) is 12.9. The molecule has 7 nitrogen and oxygen atoms in total. The minimum absolute atomic E-state index is 0.0118. The first kappa shape index (κ1) is 22.5. The number of sulfonamides is 1. The van der Waals surface area contributed by atoms with Crippen molar-refractivity contribution in [1.82, 2.24) is 5.32 Å². The smallest absolute Gasteiger partial charge is 0.264 e. The number of hydrogen-bond donors (Lipinski definition) is 1. The highest BCUT2D eigenvalue weighted by molar-refractivity contribution is 7.92. The Morgan fingerprint density at radius 3 is 2.31 bits per heavy atom. The van der Waals surface area contributed by atoms with E-state index >= 15 is 0 Å². The van der Waals surface area contributed by atoms with Gasteiger partial charge in [0.05, 0.1) is 24.8 Å². The number of amides is 1. The van der Waals surface area contributed by atoms with Crippen LogP contribution < -0.4 is 19.1 Å². The fourth-order valence-corrected chi connectivity index (χ4v) is 4.24. The lowest BCUT2D eigenvalue weighted by atomic mass is 10.2. The van der Waals surface area contributed by atoms with Gasteiger partial charge in [0.1, 0.15) is 6.54 Å². The molecular formula is C21H28N2O5S. The van der Waals surface area contributed by atoms with E-state index in [9.17, 15) is 13.2 Å². The van der Waals surface area contributed by atoms with Crippen molar-refractivity contribution in [3.8, 4) is 11.5 Å². The van der Waals surface area contributed by atoms with Crippen molar-refractivity contribution in [2.45, 2.75) is 31.1 Å². The molecule has 158 valence electrons. The average Bonchev–Trinajstić information content (AvgIpc) is 2.75. The van der Waals surface area contributed by atoms with Crippen LogP contribution in [0, 0.1) is 0 Å². The third-order valence-corrected chi connectivity index (χ3v) is 6.15. The number of rotatable bonds is 11. The van der Waals surface area contributed by atoms with Gasteiger partial charge in [-0.2, -0.15) is 0 Å². The Labute approximate surface area is 172 Å². The average molecular weight is 421 g/mol. The zero-order chi connectivity index (χ0) is 21.3. The molecule has 0 unspecified atom stereocenters. The summed E-state index contributed by atoms with van der Waals surface area (Å²) in [7, 11) is -1.09. The van der Waals surface area contributed by atoms with Crippen LogP contribution in [0.2, 0.25) is 0 Å². The van der Waals surface area contributed by atoms with Crippen LogP contribution in [0.5, 0.6) is 11.5 Å². The summed E-state index contributed by atoms with van der Waals surface area (Å²) < 4.78 is 38.2. The first-order valence-electron chi connectivity index (χ1n) is 9.50. The molecular weight excluding hydrogens is 392 g/mol. The van der Waals surface area contributed by atoms with E-state index < -0.39 is 10.0 Å². The fourth-order valence-electron chi connectivity index (χ4n) is 2.80. The Morgan fingerprint density at radius 2 is 1.69 bits per heavy atom. The summed E-state index contributed by atoms with van der Waals surface area (Å²) >= 11 is 0. The van der Waals surface area contributed by atoms with Gasteiger partial charge in [-0.15, -0.1) is 0 Å². The minimum atomic E-state index is -4.01. The second-order valence-electron chi connectivity index (χ2n) is 6.42. The molecule has 0 atom stereocenters. The topological polar surface area (TPSA) is 84.9 Å². The molecule has 29 heavy (non-hydrogen) atoms. The number of nitrogens with one attached hydrogen (secondary N) is 1. The lowest BCUT2D eigenvalue weighted by Crippen LogP contribution is -2.41. The SMILES string of the molecule is CCCCCNC(=O)CN(c1ccccc1)S(=O)(=O)c1ccc(OC)c(OC)c1. The van der Waals surface area contributed by atoms with Crippen LogP contribution in [0.15, 0.2) is 53.4 Å². The lowest BCUT2D eigenvalue weighted by Gasteiger charge is -2.24. The van der Waals surface area contributed by atoms with Gasteiger partial charge in [-0.05, 0) is 30.7 Å². The van der Waals surface area contributed by atoms with E-state index in [-0.39, 0.29) is 17.3 Å². The van der Waals surface area contributed by atoms with Crippen LogP contribution in [0.25, 0.3) is 0 Å². The molecule has 2 aromatic rings. The van der Waals surface area contributed by atoms with Crippen LogP contribution in [0.4, 0.5) is 5.69 Å². The molecule has 1 N–H and O–H groups in total. The molecule has 0 aliphatic heterocycles. The zero-order valence-electron chi connectivity index (χ0n) is 17.1. The predicted molar refractivity (Wildman–Crippen MR) is 113 cm³/mol. The zero-order valence-corrected chi connectivity index (χ0v) is 17.9. The van der Waals surface area contributed by atoms with Crippen molar-refractivity contribution in [3.05, 3.63) is 48.5 Å². The van der Waals surface area contributed by atoms with Crippen molar-refractivity contribution in [2.75, 3.05) is 31.6 Å². The van der Waals surface area contributed by atoms with Gasteiger partial charge < -0.3 is 14.8 Å². The van der Waals surface area contributed by atoms with Crippen LogP contribution in [-0.4, -0.2) is 41.6 Å². The lowest BCUT2D eigenvalue weighted by molar-refractivity contribution is -0.119. The van der Waals surface area contributed by atoms with E-state index in [1.807, 2.05) is 0 Å². The van der Waals surface area contributed by atoms with E-state index in [1.54, 1.807) is 30.3 Å². The number of ether oxygens (including phenoxy) is 2. The molecule has 0 radical (unpaired) electrons. The van der Waals surface area contributed by atoms with Gasteiger partial charge in [0.2, 0.25) is 5.91 Å². The molecule has 0 spiro atoms. The summed E-state index contributed by atoms with van der Waals surface area (Å²) in [5.74, 6) is 0.367. The quantitative estimate of drug-likeness (QED) is 0.564. The second-order valence-corrected chi connectivity index (χ2v) is 8.28. The van der Waals surface area contributed by atoms with Crippen LogP contribution in [0.3, 0.4) is 0 Å². The van der Waals surface area contributed by atoms with Gasteiger partial charge in [0, 0.05) is 12.6 Å². The molecule has 0 aliphatic rings. The van der Waals surface area contributed by atoms with Gasteiger partial charge >= 0.3 is 0 Å². The first-order valence-corrected chi connectivity index (χ1v) is 10.9. The summed E-state index contributed by atoms with van der Waals surface area (Å²) in [6.45, 7) is 2.28. The first-order chi connectivity index (χ1) is 13.9. The maximum Gasteiger partial charge on any atom is 0.264 e. The van der Waals surface area contributed by atoms with Gasteiger partial charge in [0.25, 0.3) is 10.0 Å². The van der Waals surface area contributed by atoms with Gasteiger partial charge in [-0.25, -0.2) is 8.42 Å². The number of para-hydroxylation sites is 1. The molecule has 2 rings (SSSR count). The van der Waals surface area contributed by atoms with Crippen LogP contribution in [-0.2, 0) is 14.8 Å². The molecule has 0 saturated heterocycles. The standard InChI is InChI=1S/C21H28N2O5S/c1-4-5-9-14-22-21(24)16-23(17-10-7-6-8-11-17)29(25,26)18-12-13-19(27-2)20(15-18)28-3/h6-8,10-13,15H,4-5,9,14,16H2,1-3H3,(H,22,24). The molecule has 0 fully saturated rings. The Bertz CT molecular complexity index is 901. The van der Waals surface area contributed by atoms with Crippen molar-refractivity contribution in [1.29, 1.82) is 0 Å². The van der Waals surface area contributed by atoms with E-state index in [4.69, 9.17) is 9.47 Å². The number of carbonyl (C=O) groups is 1. The summed E-state index contributed by atoms with van der Waals surface area (Å²) in [5, 5.41) is 2.79. The molecule has 0 aliphatic carbocycles. The highest BCUT2D eigenvalue weighted by Crippen LogP contribution is 2.32. The minimum Gasteiger partial charge on any atom is -0.493 e. The Hall–Kier alpha value is -2.74. The Morgan fingerprint density at radius 1 is 1.00 bits per heavy atom. The molecule has 8 heteroatoms. The highest BCUT2D eigenvalue weighted by atomic mass is 32.2. The molecule has 0 saturated carbocycles. The predicted octanol–water partition coefficient (Wildman–Crippen LogP) is 3.21. The van der Waals surface area contributed by atoms with E-state index in [2.05, 4.69) is 12.2 Å². The monoisotopic (exact) mass is 420 g/mol. The number of nitrogens with zero attached hydrogens (tertiary/aromatic N) is 1. The number of benzene rings is 2. The third-order valence-electron chi connectivity index (χ3n) is 4.38. The van der Waals surface area contributed by atoms with Gasteiger partial charge in [-0.3, -0.25) is 9.10 Å². The maximum absolute atomic E-state index is 13.4. The van der Waals surface area contributed by atoms with Crippen LogP contribution >= 0.6 is 0 Å². The summed E-state index contributed by atoms with van der Waals surface area (Å²) in [6.07, 6.45) is 2.91. The molecule has 0 bridgehead atoms. The van der Waals surface area contributed by atoms with E-state index in [0.29, 0.717) is 23.7 Å². The maximum atomic E-state index is 13.4. The second kappa shape index (κ2) is 10.7. The fraction of sp³-hybridized carbons (Fsp3) is 0.381. The van der Waals surface area contributed by atoms with Crippen molar-refractivity contribution in [2.24, 2.45) is 0 Å². The van der Waals surface area contributed by atoms with Crippen molar-refractivity contribution >= 4 is 21.6 Å². The summed E-state index contributed by atoms with van der Waals surface area (Å²) in [5.41, 5.74) is 0.408. The number of unbranched alkanes of at least 4 members (excludes halogenated alkanes) is 2. The third kappa shape index (κ3) is 5.87. The summed E-state index contributed by atoms with van der Waals surface area (Å²) in [4.78, 5) is 12.4. The molecule has 0 aromatic heterocycles.